The number of likely N-dealkylation sites (tertiary alicyclic amines) is 1. The van der Waals surface area contributed by atoms with Crippen LogP contribution in [0.2, 0.25) is 0 Å². The molecule has 1 aromatic carbocycles. The predicted octanol–water partition coefficient (Wildman–Crippen LogP) is 4.11. The average Bonchev–Trinajstić information content (AvgIpc) is 2.78. The Balaban J connectivity index is 1.86. The van der Waals surface area contributed by atoms with Crippen molar-refractivity contribution in [3.63, 3.8) is 0 Å². The number of hydrogen-bond donors (Lipinski definition) is 2. The Morgan fingerprint density at radius 2 is 1.91 bits per heavy atom. The van der Waals surface area contributed by atoms with Crippen molar-refractivity contribution in [3.8, 4) is 11.5 Å². The smallest absolute Gasteiger partial charge is 0.342 e. The fraction of sp³-hybridized carbons (Fsp3) is 0.500. The molecule has 2 aliphatic rings. The van der Waals surface area contributed by atoms with Crippen molar-refractivity contribution < 1.29 is 29.4 Å². The Morgan fingerprint density at radius 1 is 1.15 bits per heavy atom. The molecule has 0 aromatic heterocycles. The van der Waals surface area contributed by atoms with E-state index in [0.717, 1.165) is 44.8 Å². The standard InChI is InChI=1S/C26H34N2O6/c1-18-8-6-10-19(2)34-26(32)25-20(15-22(29)16-23(25)30)14-21(11-7-9-18)27-33-17-24(31)28-12-4-3-5-13-28/h6-8,11,15-16,18-19,29-30H,3-5,9-10,12-14,17H2,1-2H3/t18?,19-/m1/s1. The normalized spacial score (nSPS) is 23.2. The zero-order valence-corrected chi connectivity index (χ0v) is 19.9. The van der Waals surface area contributed by atoms with Crippen molar-refractivity contribution in [1.29, 1.82) is 0 Å². The molecule has 0 radical (unpaired) electrons. The van der Waals surface area contributed by atoms with Crippen LogP contribution in [0, 0.1) is 5.92 Å². The Bertz CT molecular complexity index is 962. The Kier molecular flexibility index (Phi) is 9.13. The summed E-state index contributed by atoms with van der Waals surface area (Å²) in [4.78, 5) is 32.4. The van der Waals surface area contributed by atoms with E-state index < -0.39 is 5.97 Å². The van der Waals surface area contributed by atoms with Gasteiger partial charge in [0.2, 0.25) is 0 Å². The summed E-state index contributed by atoms with van der Waals surface area (Å²) in [6.45, 7) is 5.16. The van der Waals surface area contributed by atoms with E-state index in [0.29, 0.717) is 17.7 Å². The maximum Gasteiger partial charge on any atom is 0.342 e. The molecular formula is C26H34N2O6. The van der Waals surface area contributed by atoms with Crippen LogP contribution in [0.1, 0.15) is 61.9 Å². The van der Waals surface area contributed by atoms with Gasteiger partial charge in [-0.15, -0.1) is 0 Å². The van der Waals surface area contributed by atoms with Crippen molar-refractivity contribution in [2.45, 2.75) is 58.5 Å². The van der Waals surface area contributed by atoms with E-state index in [4.69, 9.17) is 9.57 Å². The van der Waals surface area contributed by atoms with Crippen LogP contribution in [0.4, 0.5) is 0 Å². The minimum absolute atomic E-state index is 0.0236. The van der Waals surface area contributed by atoms with E-state index in [-0.39, 0.29) is 48.0 Å². The molecule has 0 saturated carbocycles. The third-order valence-electron chi connectivity index (χ3n) is 5.90. The number of aromatic hydroxyl groups is 2. The van der Waals surface area contributed by atoms with Gasteiger partial charge in [0, 0.05) is 32.0 Å². The predicted molar refractivity (Wildman–Crippen MR) is 129 cm³/mol. The number of carbonyl (C=O) groups is 2. The number of amides is 1. The van der Waals surface area contributed by atoms with Crippen LogP contribution in [0.25, 0.3) is 0 Å². The summed E-state index contributed by atoms with van der Waals surface area (Å²) < 4.78 is 5.52. The van der Waals surface area contributed by atoms with Gasteiger partial charge in [0.05, 0.1) is 5.71 Å². The Hall–Kier alpha value is -3.29. The topological polar surface area (TPSA) is 109 Å². The fourth-order valence-electron chi connectivity index (χ4n) is 4.06. The molecule has 184 valence electrons. The molecule has 1 saturated heterocycles. The number of ether oxygens (including phenoxy) is 1. The van der Waals surface area contributed by atoms with Crippen LogP contribution in [-0.4, -0.2) is 58.5 Å². The first-order valence-corrected chi connectivity index (χ1v) is 11.9. The van der Waals surface area contributed by atoms with Crippen LogP contribution in [0.3, 0.4) is 0 Å². The minimum atomic E-state index is -0.678. The van der Waals surface area contributed by atoms with Gasteiger partial charge in [0.1, 0.15) is 23.2 Å². The number of benzene rings is 1. The molecule has 34 heavy (non-hydrogen) atoms. The van der Waals surface area contributed by atoms with Crippen molar-refractivity contribution in [2.75, 3.05) is 19.7 Å². The summed E-state index contributed by atoms with van der Waals surface area (Å²) in [6, 6.07) is 2.51. The number of phenols is 2. The molecule has 2 heterocycles. The van der Waals surface area contributed by atoms with Gasteiger partial charge in [-0.2, -0.15) is 0 Å². The Labute approximate surface area is 200 Å². The number of cyclic esters (lactones) is 1. The summed E-state index contributed by atoms with van der Waals surface area (Å²) >= 11 is 0. The van der Waals surface area contributed by atoms with Crippen molar-refractivity contribution in [1.82, 2.24) is 4.90 Å². The molecule has 0 bridgehead atoms. The van der Waals surface area contributed by atoms with Crippen LogP contribution >= 0.6 is 0 Å². The second-order valence-electron chi connectivity index (χ2n) is 8.97. The molecule has 1 unspecified atom stereocenters. The van der Waals surface area contributed by atoms with E-state index >= 15 is 0 Å². The van der Waals surface area contributed by atoms with Crippen LogP contribution in [0.15, 0.2) is 41.6 Å². The zero-order chi connectivity index (χ0) is 24.5. The SMILES string of the molecule is CC1C=CC[C@@H](C)OC(=O)c2c(O)cc(O)cc2CC(=NOCC(=O)N2CCCCC2)C=CC1. The highest BCUT2D eigenvalue weighted by molar-refractivity contribution is 6.00. The highest BCUT2D eigenvalue weighted by Crippen LogP contribution is 2.29. The number of hydrogen-bond acceptors (Lipinski definition) is 7. The second-order valence-corrected chi connectivity index (χ2v) is 8.97. The summed E-state index contributed by atoms with van der Waals surface area (Å²) in [6.07, 6.45) is 11.9. The first-order chi connectivity index (χ1) is 16.3. The molecule has 0 aliphatic carbocycles. The molecule has 2 N–H and O–H groups in total. The van der Waals surface area contributed by atoms with E-state index in [2.05, 4.69) is 18.2 Å². The van der Waals surface area contributed by atoms with Crippen LogP contribution in [0.5, 0.6) is 11.5 Å². The van der Waals surface area contributed by atoms with Gasteiger partial charge in [0.25, 0.3) is 5.91 Å². The molecule has 1 fully saturated rings. The molecular weight excluding hydrogens is 436 g/mol. The van der Waals surface area contributed by atoms with Gasteiger partial charge in [-0.05, 0) is 56.2 Å². The van der Waals surface area contributed by atoms with Crippen LogP contribution in [-0.2, 0) is 20.8 Å². The molecule has 8 heteroatoms. The maximum atomic E-state index is 12.8. The lowest BCUT2D eigenvalue weighted by molar-refractivity contribution is -0.137. The lowest BCUT2D eigenvalue weighted by Gasteiger charge is -2.26. The number of nitrogens with zero attached hydrogens (tertiary/aromatic N) is 2. The van der Waals surface area contributed by atoms with Crippen LogP contribution < -0.4 is 0 Å². The van der Waals surface area contributed by atoms with E-state index in [9.17, 15) is 19.8 Å². The first kappa shape index (κ1) is 25.3. The van der Waals surface area contributed by atoms with Gasteiger partial charge < -0.3 is 24.7 Å². The molecule has 8 nitrogen and oxygen atoms in total. The van der Waals surface area contributed by atoms with Crippen molar-refractivity contribution >= 4 is 17.6 Å². The summed E-state index contributed by atoms with van der Waals surface area (Å²) in [5, 5.41) is 24.6. The van der Waals surface area contributed by atoms with E-state index in [1.165, 1.54) is 6.07 Å². The number of carbonyl (C=O) groups excluding carboxylic acids is 2. The van der Waals surface area contributed by atoms with Gasteiger partial charge in [-0.3, -0.25) is 4.79 Å². The third kappa shape index (κ3) is 7.37. The number of allylic oxidation sites excluding steroid dienone is 3. The minimum Gasteiger partial charge on any atom is -0.508 e. The van der Waals surface area contributed by atoms with Gasteiger partial charge in [0.15, 0.2) is 6.61 Å². The lowest BCUT2D eigenvalue weighted by atomic mass is 9.99. The molecule has 2 aliphatic heterocycles. The maximum absolute atomic E-state index is 12.8. The van der Waals surface area contributed by atoms with Gasteiger partial charge in [-0.1, -0.05) is 30.3 Å². The Morgan fingerprint density at radius 3 is 2.68 bits per heavy atom. The van der Waals surface area contributed by atoms with Crippen molar-refractivity contribution in [2.24, 2.45) is 11.1 Å². The number of phenolic OH excluding ortho intramolecular Hbond substituents is 2. The highest BCUT2D eigenvalue weighted by Gasteiger charge is 2.22. The van der Waals surface area contributed by atoms with E-state index in [1.807, 2.05) is 12.2 Å². The zero-order valence-electron chi connectivity index (χ0n) is 19.9. The number of esters is 1. The monoisotopic (exact) mass is 470 g/mol. The molecule has 1 aromatic rings. The van der Waals surface area contributed by atoms with Crippen molar-refractivity contribution in [3.05, 3.63) is 47.6 Å². The largest absolute Gasteiger partial charge is 0.508 e. The average molecular weight is 471 g/mol. The molecule has 3 rings (SSSR count). The molecule has 1 amide bonds. The number of rotatable bonds is 3. The number of piperidine rings is 1. The molecule has 2 atom stereocenters. The quantitative estimate of drug-likeness (QED) is 0.391. The fourth-order valence-corrected chi connectivity index (χ4v) is 4.06. The first-order valence-electron chi connectivity index (χ1n) is 11.9. The summed E-state index contributed by atoms with van der Waals surface area (Å²) in [7, 11) is 0. The number of oxime groups is 1. The number of fused-ring (bicyclic) bond motifs is 1. The third-order valence-corrected chi connectivity index (χ3v) is 5.90. The molecule has 0 spiro atoms. The van der Waals surface area contributed by atoms with Gasteiger partial charge in [-0.25, -0.2) is 4.79 Å². The van der Waals surface area contributed by atoms with E-state index in [1.54, 1.807) is 17.9 Å². The second kappa shape index (κ2) is 12.3. The van der Waals surface area contributed by atoms with Gasteiger partial charge >= 0.3 is 5.97 Å². The summed E-state index contributed by atoms with van der Waals surface area (Å²) in [5.74, 6) is -1.07. The summed E-state index contributed by atoms with van der Waals surface area (Å²) in [5.41, 5.74) is 0.779. The highest BCUT2D eigenvalue weighted by atomic mass is 16.6. The lowest BCUT2D eigenvalue weighted by Crippen LogP contribution is -2.37.